The average molecular weight is 228 g/mol. The van der Waals surface area contributed by atoms with Crippen LogP contribution in [0.5, 0.6) is 0 Å². The number of hydrogen-bond donors (Lipinski definition) is 1. The molecule has 1 N–H and O–H groups in total. The Labute approximate surface area is 101 Å². The molecule has 0 fully saturated rings. The number of hydrogen-bond acceptors (Lipinski definition) is 3. The van der Waals surface area contributed by atoms with Gasteiger partial charge in [0.2, 0.25) is 0 Å². The second-order valence-corrected chi connectivity index (χ2v) is 4.05. The monoisotopic (exact) mass is 228 g/mol. The SMILES string of the molecule is CCC(CC#N)NCc1cnn2ccccc12. The molecule has 0 spiro atoms. The van der Waals surface area contributed by atoms with E-state index < -0.39 is 0 Å². The lowest BCUT2D eigenvalue weighted by Gasteiger charge is -2.12. The predicted molar refractivity (Wildman–Crippen MR) is 66.3 cm³/mol. The fourth-order valence-electron chi connectivity index (χ4n) is 1.85. The average Bonchev–Trinajstić information content (AvgIpc) is 2.78. The van der Waals surface area contributed by atoms with Gasteiger partial charge < -0.3 is 5.32 Å². The molecular formula is C13H16N4. The number of aromatic nitrogens is 2. The molecule has 0 bridgehead atoms. The molecule has 1 unspecified atom stereocenters. The van der Waals surface area contributed by atoms with E-state index >= 15 is 0 Å². The topological polar surface area (TPSA) is 53.1 Å². The summed E-state index contributed by atoms with van der Waals surface area (Å²) in [6.45, 7) is 2.85. The summed E-state index contributed by atoms with van der Waals surface area (Å²) in [6.07, 6.45) is 5.33. The molecule has 0 saturated carbocycles. The van der Waals surface area contributed by atoms with Crippen LogP contribution >= 0.6 is 0 Å². The van der Waals surface area contributed by atoms with Crippen molar-refractivity contribution in [2.45, 2.75) is 32.4 Å². The maximum Gasteiger partial charge on any atom is 0.0706 e. The van der Waals surface area contributed by atoms with Gasteiger partial charge in [0.1, 0.15) is 0 Å². The third-order valence-electron chi connectivity index (χ3n) is 2.92. The van der Waals surface area contributed by atoms with Gasteiger partial charge in [-0.05, 0) is 18.6 Å². The predicted octanol–water partition coefficient (Wildman–Crippen LogP) is 2.12. The first kappa shape index (κ1) is 11.6. The normalized spacial score (nSPS) is 12.5. The van der Waals surface area contributed by atoms with Gasteiger partial charge in [0.15, 0.2) is 0 Å². The van der Waals surface area contributed by atoms with Crippen molar-refractivity contribution in [1.82, 2.24) is 14.9 Å². The molecule has 0 aliphatic rings. The molecule has 2 rings (SSSR count). The lowest BCUT2D eigenvalue weighted by atomic mass is 10.1. The highest BCUT2D eigenvalue weighted by atomic mass is 15.2. The summed E-state index contributed by atoms with van der Waals surface area (Å²) in [5.74, 6) is 0. The van der Waals surface area contributed by atoms with Gasteiger partial charge in [-0.3, -0.25) is 0 Å². The van der Waals surface area contributed by atoms with Crippen LogP contribution in [0.25, 0.3) is 5.52 Å². The van der Waals surface area contributed by atoms with Gasteiger partial charge in [-0.2, -0.15) is 10.4 Å². The van der Waals surface area contributed by atoms with E-state index in [1.54, 1.807) is 0 Å². The zero-order valence-corrected chi connectivity index (χ0v) is 9.93. The fraction of sp³-hybridized carbons (Fsp3) is 0.385. The number of pyridine rings is 1. The highest BCUT2D eigenvalue weighted by Gasteiger charge is 2.07. The Hall–Kier alpha value is -1.86. The molecule has 0 aliphatic carbocycles. The van der Waals surface area contributed by atoms with E-state index in [-0.39, 0.29) is 6.04 Å². The summed E-state index contributed by atoms with van der Waals surface area (Å²) in [4.78, 5) is 0. The summed E-state index contributed by atoms with van der Waals surface area (Å²) in [7, 11) is 0. The molecule has 2 heterocycles. The van der Waals surface area contributed by atoms with Crippen LogP contribution in [0.1, 0.15) is 25.3 Å². The van der Waals surface area contributed by atoms with E-state index in [4.69, 9.17) is 5.26 Å². The minimum Gasteiger partial charge on any atom is -0.309 e. The first-order valence-corrected chi connectivity index (χ1v) is 5.86. The van der Waals surface area contributed by atoms with E-state index in [1.165, 1.54) is 5.56 Å². The fourth-order valence-corrected chi connectivity index (χ4v) is 1.85. The molecule has 2 aromatic rings. The number of nitrogens with zero attached hydrogens (tertiary/aromatic N) is 3. The standard InChI is InChI=1S/C13H16N4/c1-2-12(6-7-14)15-9-11-10-16-17-8-4-3-5-13(11)17/h3-5,8,10,12,15H,2,6,9H2,1H3. The van der Waals surface area contributed by atoms with Gasteiger partial charge >= 0.3 is 0 Å². The first-order chi connectivity index (χ1) is 8.35. The number of rotatable bonds is 5. The molecule has 2 aromatic heterocycles. The number of nitriles is 1. The quantitative estimate of drug-likeness (QED) is 0.852. The maximum absolute atomic E-state index is 8.69. The Bertz CT molecular complexity index is 523. The lowest BCUT2D eigenvalue weighted by molar-refractivity contribution is 0.506. The van der Waals surface area contributed by atoms with Gasteiger partial charge in [-0.15, -0.1) is 0 Å². The Morgan fingerprint density at radius 3 is 3.18 bits per heavy atom. The van der Waals surface area contributed by atoms with Crippen LogP contribution in [0, 0.1) is 11.3 Å². The molecule has 1 atom stereocenters. The molecule has 0 aromatic carbocycles. The summed E-state index contributed by atoms with van der Waals surface area (Å²) < 4.78 is 1.86. The maximum atomic E-state index is 8.69. The Morgan fingerprint density at radius 1 is 1.53 bits per heavy atom. The molecule has 0 saturated heterocycles. The van der Waals surface area contributed by atoms with E-state index in [0.29, 0.717) is 6.42 Å². The molecule has 0 radical (unpaired) electrons. The minimum absolute atomic E-state index is 0.263. The molecule has 0 amide bonds. The smallest absolute Gasteiger partial charge is 0.0706 e. The van der Waals surface area contributed by atoms with Crippen LogP contribution in [0.2, 0.25) is 0 Å². The molecule has 4 heteroatoms. The Kier molecular flexibility index (Phi) is 3.73. The third-order valence-corrected chi connectivity index (χ3v) is 2.92. The van der Waals surface area contributed by atoms with Crippen LogP contribution in [0.3, 0.4) is 0 Å². The van der Waals surface area contributed by atoms with Crippen LogP contribution in [0.4, 0.5) is 0 Å². The first-order valence-electron chi connectivity index (χ1n) is 5.86. The molecule has 4 nitrogen and oxygen atoms in total. The van der Waals surface area contributed by atoms with E-state index in [2.05, 4.69) is 29.5 Å². The van der Waals surface area contributed by atoms with Crippen LogP contribution in [-0.4, -0.2) is 15.7 Å². The van der Waals surface area contributed by atoms with Crippen molar-refractivity contribution in [2.75, 3.05) is 0 Å². The van der Waals surface area contributed by atoms with Crippen molar-refractivity contribution < 1.29 is 0 Å². The van der Waals surface area contributed by atoms with E-state index in [1.807, 2.05) is 29.0 Å². The molecule has 17 heavy (non-hydrogen) atoms. The third kappa shape index (κ3) is 2.63. The van der Waals surface area contributed by atoms with Gasteiger partial charge in [-0.1, -0.05) is 13.0 Å². The zero-order chi connectivity index (χ0) is 12.1. The number of nitrogens with one attached hydrogen (secondary N) is 1. The van der Waals surface area contributed by atoms with Gasteiger partial charge in [0.05, 0.1) is 24.2 Å². The molecule has 0 aliphatic heterocycles. The summed E-state index contributed by atoms with van der Waals surface area (Å²) >= 11 is 0. The van der Waals surface area contributed by atoms with Crippen molar-refractivity contribution in [2.24, 2.45) is 0 Å². The highest BCUT2D eigenvalue weighted by molar-refractivity contribution is 5.53. The van der Waals surface area contributed by atoms with E-state index in [0.717, 1.165) is 18.5 Å². The highest BCUT2D eigenvalue weighted by Crippen LogP contribution is 2.10. The van der Waals surface area contributed by atoms with Crippen molar-refractivity contribution in [3.05, 3.63) is 36.2 Å². The van der Waals surface area contributed by atoms with Crippen molar-refractivity contribution in [3.63, 3.8) is 0 Å². The zero-order valence-electron chi connectivity index (χ0n) is 9.93. The van der Waals surface area contributed by atoms with E-state index in [9.17, 15) is 0 Å². The minimum atomic E-state index is 0.263. The second-order valence-electron chi connectivity index (χ2n) is 4.05. The van der Waals surface area contributed by atoms with Gasteiger partial charge in [0, 0.05) is 24.3 Å². The lowest BCUT2D eigenvalue weighted by Crippen LogP contribution is -2.27. The summed E-state index contributed by atoms with van der Waals surface area (Å²) in [6, 6.07) is 8.48. The van der Waals surface area contributed by atoms with Crippen molar-refractivity contribution in [1.29, 1.82) is 5.26 Å². The number of fused-ring (bicyclic) bond motifs is 1. The summed E-state index contributed by atoms with van der Waals surface area (Å²) in [5, 5.41) is 16.4. The largest absolute Gasteiger partial charge is 0.309 e. The van der Waals surface area contributed by atoms with Crippen LogP contribution in [-0.2, 0) is 6.54 Å². The Balaban J connectivity index is 2.06. The van der Waals surface area contributed by atoms with Crippen LogP contribution < -0.4 is 5.32 Å². The molecule has 88 valence electrons. The second kappa shape index (κ2) is 5.46. The van der Waals surface area contributed by atoms with Crippen molar-refractivity contribution >= 4 is 5.52 Å². The van der Waals surface area contributed by atoms with Crippen LogP contribution in [0.15, 0.2) is 30.6 Å². The van der Waals surface area contributed by atoms with Gasteiger partial charge in [0.25, 0.3) is 0 Å². The summed E-state index contributed by atoms with van der Waals surface area (Å²) in [5.41, 5.74) is 2.29. The van der Waals surface area contributed by atoms with Crippen molar-refractivity contribution in [3.8, 4) is 6.07 Å². The van der Waals surface area contributed by atoms with Gasteiger partial charge in [-0.25, -0.2) is 4.52 Å². The Morgan fingerprint density at radius 2 is 2.41 bits per heavy atom. The molecular weight excluding hydrogens is 212 g/mol.